The first kappa shape index (κ1) is 15.4. The maximum absolute atomic E-state index is 13.2. The number of benzene rings is 1. The van der Waals surface area contributed by atoms with E-state index in [2.05, 4.69) is 0 Å². The summed E-state index contributed by atoms with van der Waals surface area (Å²) < 4.78 is 24.4. The van der Waals surface area contributed by atoms with Gasteiger partial charge in [-0.2, -0.15) is 0 Å². The van der Waals surface area contributed by atoms with E-state index >= 15 is 0 Å². The first-order valence-corrected chi connectivity index (χ1v) is 7.81. The number of carbonyl (C=O) groups is 1. The SMILES string of the molecule is CCOC[C@]12COC[C@H]1CN(C(=O)Cc1cccc(F)c1)C2. The number of fused-ring (bicyclic) bond motifs is 1. The quantitative estimate of drug-likeness (QED) is 0.834. The summed E-state index contributed by atoms with van der Waals surface area (Å²) in [6.07, 6.45) is 0.246. The molecule has 0 aromatic heterocycles. The number of likely N-dealkylation sites (tertiary alicyclic amines) is 1. The van der Waals surface area contributed by atoms with Crippen LogP contribution in [0, 0.1) is 17.2 Å². The van der Waals surface area contributed by atoms with E-state index in [4.69, 9.17) is 9.47 Å². The van der Waals surface area contributed by atoms with Gasteiger partial charge in [0.1, 0.15) is 5.82 Å². The Morgan fingerprint density at radius 2 is 2.41 bits per heavy atom. The van der Waals surface area contributed by atoms with Crippen LogP contribution < -0.4 is 0 Å². The molecule has 0 saturated carbocycles. The van der Waals surface area contributed by atoms with Gasteiger partial charge in [-0.1, -0.05) is 12.1 Å². The molecule has 0 aliphatic carbocycles. The van der Waals surface area contributed by atoms with Crippen LogP contribution in [0.1, 0.15) is 12.5 Å². The highest BCUT2D eigenvalue weighted by molar-refractivity contribution is 5.79. The fourth-order valence-corrected chi connectivity index (χ4v) is 3.46. The van der Waals surface area contributed by atoms with E-state index in [9.17, 15) is 9.18 Å². The molecule has 1 amide bonds. The van der Waals surface area contributed by atoms with Crippen LogP contribution in [-0.4, -0.2) is 50.3 Å². The Labute approximate surface area is 130 Å². The van der Waals surface area contributed by atoms with Crippen molar-refractivity contribution in [2.24, 2.45) is 11.3 Å². The predicted molar refractivity (Wildman–Crippen MR) is 79.9 cm³/mol. The topological polar surface area (TPSA) is 38.8 Å². The van der Waals surface area contributed by atoms with Crippen molar-refractivity contribution in [1.29, 1.82) is 0 Å². The van der Waals surface area contributed by atoms with E-state index in [1.54, 1.807) is 12.1 Å². The molecule has 4 nitrogen and oxygen atoms in total. The fourth-order valence-electron chi connectivity index (χ4n) is 3.46. The second-order valence-electron chi connectivity index (χ2n) is 6.29. The molecule has 2 aliphatic rings. The monoisotopic (exact) mass is 307 g/mol. The molecule has 5 heteroatoms. The summed E-state index contributed by atoms with van der Waals surface area (Å²) in [5, 5.41) is 0. The lowest BCUT2D eigenvalue weighted by molar-refractivity contribution is -0.130. The van der Waals surface area contributed by atoms with E-state index in [-0.39, 0.29) is 23.6 Å². The van der Waals surface area contributed by atoms with Gasteiger partial charge in [0.25, 0.3) is 0 Å². The highest BCUT2D eigenvalue weighted by Crippen LogP contribution is 2.41. The zero-order chi connectivity index (χ0) is 15.6. The summed E-state index contributed by atoms with van der Waals surface area (Å²) in [6.45, 7) is 6.01. The molecule has 1 aromatic rings. The third kappa shape index (κ3) is 3.01. The van der Waals surface area contributed by atoms with Gasteiger partial charge in [-0.15, -0.1) is 0 Å². The lowest BCUT2D eigenvalue weighted by Crippen LogP contribution is -2.37. The summed E-state index contributed by atoms with van der Waals surface area (Å²) in [6, 6.07) is 6.24. The van der Waals surface area contributed by atoms with Gasteiger partial charge in [0.2, 0.25) is 5.91 Å². The van der Waals surface area contributed by atoms with Gasteiger partial charge < -0.3 is 14.4 Å². The van der Waals surface area contributed by atoms with Gasteiger partial charge in [-0.3, -0.25) is 4.79 Å². The average molecular weight is 307 g/mol. The molecule has 3 rings (SSSR count). The predicted octanol–water partition coefficient (Wildman–Crippen LogP) is 1.88. The second-order valence-corrected chi connectivity index (χ2v) is 6.29. The highest BCUT2D eigenvalue weighted by atomic mass is 19.1. The molecule has 2 aliphatic heterocycles. The lowest BCUT2D eigenvalue weighted by Gasteiger charge is -2.26. The van der Waals surface area contributed by atoms with Crippen LogP contribution in [0.2, 0.25) is 0 Å². The molecular formula is C17H22FNO3. The van der Waals surface area contributed by atoms with Crippen molar-refractivity contribution in [2.45, 2.75) is 13.3 Å². The number of amides is 1. The van der Waals surface area contributed by atoms with Crippen molar-refractivity contribution >= 4 is 5.91 Å². The third-order valence-electron chi connectivity index (χ3n) is 4.71. The number of carbonyl (C=O) groups excluding carboxylic acids is 1. The molecule has 2 fully saturated rings. The molecule has 2 atom stereocenters. The van der Waals surface area contributed by atoms with Gasteiger partial charge in [0.15, 0.2) is 0 Å². The minimum Gasteiger partial charge on any atom is -0.381 e. The van der Waals surface area contributed by atoms with Crippen LogP contribution in [0.15, 0.2) is 24.3 Å². The minimum atomic E-state index is -0.301. The van der Waals surface area contributed by atoms with Crippen LogP contribution in [0.5, 0.6) is 0 Å². The molecule has 1 aromatic carbocycles. The van der Waals surface area contributed by atoms with Crippen molar-refractivity contribution in [3.05, 3.63) is 35.6 Å². The van der Waals surface area contributed by atoms with Gasteiger partial charge in [0, 0.05) is 31.0 Å². The average Bonchev–Trinajstić information content (AvgIpc) is 3.02. The van der Waals surface area contributed by atoms with Crippen molar-refractivity contribution < 1.29 is 18.7 Å². The standard InChI is InChI=1S/C17H22FNO3/c1-2-21-11-17-10-19(8-14(17)9-22-12-17)16(20)7-13-4-3-5-15(18)6-13/h3-6,14H,2,7-12H2,1H3/t14-,17-/m1/s1. The molecule has 0 unspecified atom stereocenters. The summed E-state index contributed by atoms with van der Waals surface area (Å²) in [5.74, 6) is 0.0937. The van der Waals surface area contributed by atoms with Crippen molar-refractivity contribution in [1.82, 2.24) is 4.90 Å². The number of hydrogen-bond acceptors (Lipinski definition) is 3. The molecule has 0 bridgehead atoms. The van der Waals surface area contributed by atoms with Crippen LogP contribution in [0.3, 0.4) is 0 Å². The molecule has 0 spiro atoms. The van der Waals surface area contributed by atoms with E-state index in [1.165, 1.54) is 12.1 Å². The molecular weight excluding hydrogens is 285 g/mol. The minimum absolute atomic E-state index is 0.0517. The summed E-state index contributed by atoms with van der Waals surface area (Å²) in [4.78, 5) is 14.4. The molecule has 120 valence electrons. The number of nitrogens with zero attached hydrogens (tertiary/aromatic N) is 1. The molecule has 2 saturated heterocycles. The second kappa shape index (κ2) is 6.34. The molecule has 0 radical (unpaired) electrons. The van der Waals surface area contributed by atoms with E-state index in [0.29, 0.717) is 45.4 Å². The van der Waals surface area contributed by atoms with Gasteiger partial charge in [-0.25, -0.2) is 4.39 Å². The largest absolute Gasteiger partial charge is 0.381 e. The zero-order valence-electron chi connectivity index (χ0n) is 12.9. The summed E-state index contributed by atoms with van der Waals surface area (Å²) >= 11 is 0. The van der Waals surface area contributed by atoms with Crippen molar-refractivity contribution in [3.63, 3.8) is 0 Å². The van der Waals surface area contributed by atoms with Crippen molar-refractivity contribution in [3.8, 4) is 0 Å². The van der Waals surface area contributed by atoms with E-state index < -0.39 is 0 Å². The Bertz CT molecular complexity index is 550. The van der Waals surface area contributed by atoms with Crippen LogP contribution in [0.25, 0.3) is 0 Å². The van der Waals surface area contributed by atoms with Gasteiger partial charge in [-0.05, 0) is 24.6 Å². The number of hydrogen-bond donors (Lipinski definition) is 0. The summed E-state index contributed by atoms with van der Waals surface area (Å²) in [7, 11) is 0. The molecule has 2 heterocycles. The first-order valence-electron chi connectivity index (χ1n) is 7.81. The zero-order valence-corrected chi connectivity index (χ0v) is 12.9. The van der Waals surface area contributed by atoms with E-state index in [1.807, 2.05) is 11.8 Å². The normalized spacial score (nSPS) is 27.2. The Balaban J connectivity index is 1.65. The van der Waals surface area contributed by atoms with E-state index in [0.717, 1.165) is 5.56 Å². The highest BCUT2D eigenvalue weighted by Gasteiger charge is 2.51. The fraction of sp³-hybridized carbons (Fsp3) is 0.588. The lowest BCUT2D eigenvalue weighted by atomic mass is 9.82. The molecule has 22 heavy (non-hydrogen) atoms. The first-order chi connectivity index (χ1) is 10.6. The van der Waals surface area contributed by atoms with Crippen LogP contribution in [-0.2, 0) is 20.7 Å². The Morgan fingerprint density at radius 3 is 3.18 bits per heavy atom. The van der Waals surface area contributed by atoms with Gasteiger partial charge in [0.05, 0.1) is 26.2 Å². The Hall–Kier alpha value is -1.46. The maximum Gasteiger partial charge on any atom is 0.227 e. The van der Waals surface area contributed by atoms with Crippen LogP contribution >= 0.6 is 0 Å². The Kier molecular flexibility index (Phi) is 4.45. The summed E-state index contributed by atoms with van der Waals surface area (Å²) in [5.41, 5.74) is 0.658. The van der Waals surface area contributed by atoms with Crippen molar-refractivity contribution in [2.75, 3.05) is 39.5 Å². The number of ether oxygens (including phenoxy) is 2. The number of rotatable bonds is 5. The molecule has 0 N–H and O–H groups in total. The smallest absolute Gasteiger partial charge is 0.227 e. The Morgan fingerprint density at radius 1 is 1.55 bits per heavy atom. The maximum atomic E-state index is 13.2. The van der Waals surface area contributed by atoms with Crippen LogP contribution in [0.4, 0.5) is 4.39 Å². The number of halogens is 1. The van der Waals surface area contributed by atoms with Gasteiger partial charge >= 0.3 is 0 Å². The third-order valence-corrected chi connectivity index (χ3v) is 4.71.